The van der Waals surface area contributed by atoms with Crippen molar-refractivity contribution in [2.24, 2.45) is 11.8 Å². The topological polar surface area (TPSA) is 66.2 Å². The molecule has 0 radical (unpaired) electrons. The van der Waals surface area contributed by atoms with E-state index in [1.807, 2.05) is 18.2 Å². The van der Waals surface area contributed by atoms with Gasteiger partial charge < -0.3 is 15.6 Å². The average Bonchev–Trinajstić information content (AvgIpc) is 2.85. The molecule has 5 heteroatoms. The molecule has 1 unspecified atom stereocenters. The van der Waals surface area contributed by atoms with Crippen molar-refractivity contribution in [3.8, 4) is 0 Å². The van der Waals surface area contributed by atoms with Gasteiger partial charge in [0.05, 0.1) is 0 Å². The van der Waals surface area contributed by atoms with Gasteiger partial charge in [-0.3, -0.25) is 0 Å². The van der Waals surface area contributed by atoms with Crippen LogP contribution in [0.15, 0.2) is 18.2 Å². The van der Waals surface area contributed by atoms with E-state index in [-0.39, 0.29) is 0 Å². The van der Waals surface area contributed by atoms with E-state index >= 15 is 0 Å². The lowest BCUT2D eigenvalue weighted by Crippen LogP contribution is -2.29. The van der Waals surface area contributed by atoms with Gasteiger partial charge in [-0.2, -0.15) is 0 Å². The number of nitrogens with one attached hydrogen (secondary N) is 2. The van der Waals surface area contributed by atoms with Crippen LogP contribution in [-0.2, 0) is 0 Å². The number of rotatable bonds is 5. The van der Waals surface area contributed by atoms with Gasteiger partial charge in [0.25, 0.3) is 0 Å². The molecule has 5 nitrogen and oxygen atoms in total. The summed E-state index contributed by atoms with van der Waals surface area (Å²) in [6.45, 7) is 7.88. The first kappa shape index (κ1) is 13.1. The van der Waals surface area contributed by atoms with Gasteiger partial charge in [-0.05, 0) is 44.9 Å². The van der Waals surface area contributed by atoms with Gasteiger partial charge in [0, 0.05) is 19.1 Å². The highest BCUT2D eigenvalue weighted by atomic mass is 15.3. The Balaban J connectivity index is 1.81. The Labute approximate surface area is 109 Å². The minimum atomic E-state index is 0.651. The summed E-state index contributed by atoms with van der Waals surface area (Å²) in [5.74, 6) is 7.63. The van der Waals surface area contributed by atoms with Gasteiger partial charge in [-0.15, -0.1) is 0 Å². The number of hydrogen-bond acceptors (Lipinski definition) is 5. The van der Waals surface area contributed by atoms with E-state index < -0.39 is 0 Å². The first-order chi connectivity index (χ1) is 8.69. The number of nitrogen functional groups attached to an aromatic ring is 1. The fourth-order valence-corrected chi connectivity index (χ4v) is 2.36. The maximum atomic E-state index is 5.34. The van der Waals surface area contributed by atoms with Crippen LogP contribution in [0, 0.1) is 5.92 Å². The first-order valence-electron chi connectivity index (χ1n) is 6.60. The van der Waals surface area contributed by atoms with Crippen molar-refractivity contribution >= 4 is 11.6 Å². The molecule has 100 valence electrons. The summed E-state index contributed by atoms with van der Waals surface area (Å²) in [7, 11) is 0. The molecule has 0 spiro atoms. The van der Waals surface area contributed by atoms with E-state index in [9.17, 15) is 0 Å². The predicted octanol–water partition coefficient (Wildman–Crippen LogP) is 1.51. The molecular weight excluding hydrogens is 226 g/mol. The fourth-order valence-electron chi connectivity index (χ4n) is 2.36. The van der Waals surface area contributed by atoms with Crippen molar-refractivity contribution in [1.29, 1.82) is 0 Å². The van der Waals surface area contributed by atoms with Crippen LogP contribution in [0.2, 0.25) is 0 Å². The highest BCUT2D eigenvalue weighted by Gasteiger charge is 2.23. The van der Waals surface area contributed by atoms with Crippen LogP contribution in [0.3, 0.4) is 0 Å². The van der Waals surface area contributed by atoms with E-state index in [2.05, 4.69) is 34.5 Å². The van der Waals surface area contributed by atoms with Crippen molar-refractivity contribution in [3.63, 3.8) is 0 Å². The average molecular weight is 249 g/mol. The van der Waals surface area contributed by atoms with Crippen molar-refractivity contribution in [2.75, 3.05) is 30.4 Å². The Morgan fingerprint density at radius 1 is 1.44 bits per heavy atom. The molecule has 0 aliphatic carbocycles. The summed E-state index contributed by atoms with van der Waals surface area (Å²) in [4.78, 5) is 6.87. The van der Waals surface area contributed by atoms with Crippen molar-refractivity contribution in [1.82, 2.24) is 9.88 Å². The zero-order chi connectivity index (χ0) is 13.0. The molecule has 1 fully saturated rings. The first-order valence-corrected chi connectivity index (χ1v) is 6.60. The monoisotopic (exact) mass is 249 g/mol. The third kappa shape index (κ3) is 3.34. The van der Waals surface area contributed by atoms with Crippen LogP contribution < -0.4 is 16.6 Å². The summed E-state index contributed by atoms with van der Waals surface area (Å²) < 4.78 is 0. The lowest BCUT2D eigenvalue weighted by molar-refractivity contribution is 0.266. The summed E-state index contributed by atoms with van der Waals surface area (Å²) in [6.07, 6.45) is 1.26. The molecule has 0 saturated carbocycles. The predicted molar refractivity (Wildman–Crippen MR) is 75.4 cm³/mol. The normalized spacial score (nSPS) is 20.3. The second-order valence-corrected chi connectivity index (χ2v) is 5.18. The van der Waals surface area contributed by atoms with Crippen LogP contribution in [0.25, 0.3) is 0 Å². The molecule has 0 aromatic carbocycles. The zero-order valence-corrected chi connectivity index (χ0v) is 11.2. The number of nitrogens with two attached hydrogens (primary N) is 1. The Morgan fingerprint density at radius 3 is 2.89 bits per heavy atom. The number of nitrogens with zero attached hydrogens (tertiary/aromatic N) is 2. The minimum Gasteiger partial charge on any atom is -0.370 e. The number of pyridine rings is 1. The largest absolute Gasteiger partial charge is 0.370 e. The maximum absolute atomic E-state index is 5.34. The molecule has 1 atom stereocenters. The highest BCUT2D eigenvalue weighted by molar-refractivity contribution is 5.44. The van der Waals surface area contributed by atoms with Gasteiger partial charge in [-0.1, -0.05) is 6.07 Å². The summed E-state index contributed by atoms with van der Waals surface area (Å²) in [5.41, 5.74) is 2.56. The zero-order valence-electron chi connectivity index (χ0n) is 11.2. The number of hydrazine groups is 1. The third-order valence-electron chi connectivity index (χ3n) is 3.52. The van der Waals surface area contributed by atoms with E-state index in [4.69, 9.17) is 5.84 Å². The molecule has 0 amide bonds. The van der Waals surface area contributed by atoms with Crippen molar-refractivity contribution in [2.45, 2.75) is 26.3 Å². The lowest BCUT2D eigenvalue weighted by atomic mass is 10.1. The molecule has 4 N–H and O–H groups in total. The summed E-state index contributed by atoms with van der Waals surface area (Å²) >= 11 is 0. The Morgan fingerprint density at radius 2 is 2.22 bits per heavy atom. The van der Waals surface area contributed by atoms with E-state index in [0.717, 1.165) is 12.4 Å². The minimum absolute atomic E-state index is 0.651. The van der Waals surface area contributed by atoms with Gasteiger partial charge in [0.1, 0.15) is 11.6 Å². The molecule has 2 heterocycles. The standard InChI is InChI=1S/C13H23N5/c1-10(2)18-7-6-11(9-18)8-15-12-4-3-5-13(16-12)17-14/h3-5,10-11H,6-9,14H2,1-2H3,(H2,15,16,17). The fraction of sp³-hybridized carbons (Fsp3) is 0.615. The molecule has 1 aromatic rings. The number of likely N-dealkylation sites (tertiary alicyclic amines) is 1. The third-order valence-corrected chi connectivity index (χ3v) is 3.52. The molecule has 1 aliphatic rings. The second kappa shape index (κ2) is 6.02. The summed E-state index contributed by atoms with van der Waals surface area (Å²) in [6, 6.07) is 6.41. The van der Waals surface area contributed by atoms with Gasteiger partial charge in [0.15, 0.2) is 0 Å². The smallest absolute Gasteiger partial charge is 0.142 e. The molecular formula is C13H23N5. The van der Waals surface area contributed by atoms with E-state index in [0.29, 0.717) is 17.8 Å². The maximum Gasteiger partial charge on any atom is 0.142 e. The van der Waals surface area contributed by atoms with Gasteiger partial charge in [-0.25, -0.2) is 10.8 Å². The van der Waals surface area contributed by atoms with Gasteiger partial charge >= 0.3 is 0 Å². The Kier molecular flexibility index (Phi) is 4.38. The van der Waals surface area contributed by atoms with E-state index in [1.165, 1.54) is 19.5 Å². The molecule has 1 saturated heterocycles. The number of hydrogen-bond donors (Lipinski definition) is 3. The van der Waals surface area contributed by atoms with Crippen LogP contribution in [0.1, 0.15) is 20.3 Å². The number of aromatic nitrogens is 1. The van der Waals surface area contributed by atoms with Gasteiger partial charge in [0.2, 0.25) is 0 Å². The van der Waals surface area contributed by atoms with Crippen LogP contribution >= 0.6 is 0 Å². The number of anilines is 2. The van der Waals surface area contributed by atoms with Crippen molar-refractivity contribution < 1.29 is 0 Å². The lowest BCUT2D eigenvalue weighted by Gasteiger charge is -2.20. The quantitative estimate of drug-likeness (QED) is 0.545. The molecule has 2 rings (SSSR count). The van der Waals surface area contributed by atoms with Crippen LogP contribution in [0.4, 0.5) is 11.6 Å². The molecule has 18 heavy (non-hydrogen) atoms. The SMILES string of the molecule is CC(C)N1CCC(CNc2cccc(NN)n2)C1. The highest BCUT2D eigenvalue weighted by Crippen LogP contribution is 2.19. The van der Waals surface area contributed by atoms with Crippen LogP contribution in [0.5, 0.6) is 0 Å². The van der Waals surface area contributed by atoms with Crippen LogP contribution in [-0.4, -0.2) is 35.6 Å². The molecule has 1 aliphatic heterocycles. The van der Waals surface area contributed by atoms with Crippen molar-refractivity contribution in [3.05, 3.63) is 18.2 Å². The Hall–Kier alpha value is -1.33. The summed E-state index contributed by atoms with van der Waals surface area (Å²) in [5, 5.41) is 3.39. The second-order valence-electron chi connectivity index (χ2n) is 5.18. The Bertz CT molecular complexity index is 379. The molecule has 0 bridgehead atoms. The molecule has 1 aromatic heterocycles. The van der Waals surface area contributed by atoms with E-state index in [1.54, 1.807) is 0 Å².